The first kappa shape index (κ1) is 26.8. The van der Waals surface area contributed by atoms with Gasteiger partial charge in [-0.25, -0.2) is 4.79 Å². The molecule has 13 nitrogen and oxygen atoms in total. The van der Waals surface area contributed by atoms with Crippen LogP contribution in [0.15, 0.2) is 0 Å². The second kappa shape index (κ2) is 12.0. The van der Waals surface area contributed by atoms with Crippen molar-refractivity contribution in [3.05, 3.63) is 0 Å². The number of carbonyl (C=O) groups is 6. The third-order valence-electron chi connectivity index (χ3n) is 5.12. The molecular weight excluding hydrogens is 428 g/mol. The molecule has 1 aliphatic heterocycles. The molecule has 7 N–H and O–H groups in total. The zero-order valence-corrected chi connectivity index (χ0v) is 17.9. The molecule has 1 saturated heterocycles. The average Bonchev–Trinajstić information content (AvgIpc) is 3.18. The van der Waals surface area contributed by atoms with Crippen LogP contribution < -0.4 is 16.4 Å². The number of amides is 3. The summed E-state index contributed by atoms with van der Waals surface area (Å²) in [6, 6.07) is -4.94. The topological polar surface area (TPSA) is 216 Å². The molecule has 0 saturated carbocycles. The molecule has 1 rings (SSSR count). The summed E-state index contributed by atoms with van der Waals surface area (Å²) in [7, 11) is 0. The van der Waals surface area contributed by atoms with Gasteiger partial charge in [-0.2, -0.15) is 0 Å². The summed E-state index contributed by atoms with van der Waals surface area (Å²) in [4.78, 5) is 72.3. The molecule has 3 amide bonds. The summed E-state index contributed by atoms with van der Waals surface area (Å²) in [5, 5.41) is 31.2. The SMILES string of the molecule is CC(C)C(N)C(=O)N1CCCC1C(=O)NC(CCC(=O)O)C(=O)NC(CC(=O)O)C(=O)O. The molecule has 1 fully saturated rings. The molecule has 0 spiro atoms. The lowest BCUT2D eigenvalue weighted by Gasteiger charge is -2.29. The zero-order chi connectivity index (χ0) is 24.6. The third-order valence-corrected chi connectivity index (χ3v) is 5.12. The van der Waals surface area contributed by atoms with Crippen molar-refractivity contribution in [3.63, 3.8) is 0 Å². The number of nitrogens with one attached hydrogen (secondary N) is 2. The molecule has 32 heavy (non-hydrogen) atoms. The smallest absolute Gasteiger partial charge is 0.326 e. The molecule has 0 aromatic rings. The minimum absolute atomic E-state index is 0.164. The van der Waals surface area contributed by atoms with Gasteiger partial charge in [0, 0.05) is 13.0 Å². The van der Waals surface area contributed by atoms with Crippen molar-refractivity contribution in [1.29, 1.82) is 0 Å². The molecule has 1 heterocycles. The van der Waals surface area contributed by atoms with Crippen LogP contribution in [0, 0.1) is 5.92 Å². The van der Waals surface area contributed by atoms with Crippen LogP contribution >= 0.6 is 0 Å². The van der Waals surface area contributed by atoms with Gasteiger partial charge in [-0.05, 0) is 25.2 Å². The van der Waals surface area contributed by atoms with E-state index in [0.717, 1.165) is 0 Å². The lowest BCUT2D eigenvalue weighted by molar-refractivity contribution is -0.147. The van der Waals surface area contributed by atoms with E-state index in [1.807, 2.05) is 5.32 Å². The van der Waals surface area contributed by atoms with E-state index in [9.17, 15) is 28.8 Å². The molecule has 4 atom stereocenters. The highest BCUT2D eigenvalue weighted by Gasteiger charge is 2.38. The number of hydrogen-bond donors (Lipinski definition) is 6. The summed E-state index contributed by atoms with van der Waals surface area (Å²) in [6.07, 6.45) is -0.940. The van der Waals surface area contributed by atoms with Crippen molar-refractivity contribution >= 4 is 35.6 Å². The first-order valence-corrected chi connectivity index (χ1v) is 10.2. The molecular formula is C19H30N4O9. The van der Waals surface area contributed by atoms with Gasteiger partial charge in [0.25, 0.3) is 0 Å². The quantitative estimate of drug-likeness (QED) is 0.196. The second-order valence-electron chi connectivity index (χ2n) is 7.95. The molecule has 180 valence electrons. The van der Waals surface area contributed by atoms with Crippen LogP contribution in [0.2, 0.25) is 0 Å². The first-order chi connectivity index (χ1) is 14.8. The summed E-state index contributed by atoms with van der Waals surface area (Å²) < 4.78 is 0. The highest BCUT2D eigenvalue weighted by Crippen LogP contribution is 2.20. The van der Waals surface area contributed by atoms with Gasteiger partial charge < -0.3 is 36.6 Å². The fourth-order valence-electron chi connectivity index (χ4n) is 3.23. The van der Waals surface area contributed by atoms with Crippen LogP contribution in [0.5, 0.6) is 0 Å². The summed E-state index contributed by atoms with van der Waals surface area (Å²) in [5.74, 6) is -6.65. The minimum atomic E-state index is -1.77. The van der Waals surface area contributed by atoms with Gasteiger partial charge in [0.05, 0.1) is 12.5 Å². The van der Waals surface area contributed by atoms with Gasteiger partial charge in [-0.15, -0.1) is 0 Å². The predicted octanol–water partition coefficient (Wildman–Crippen LogP) is -1.65. The third kappa shape index (κ3) is 7.80. The van der Waals surface area contributed by atoms with Crippen molar-refractivity contribution in [1.82, 2.24) is 15.5 Å². The van der Waals surface area contributed by atoms with Crippen LogP contribution in [-0.2, 0) is 28.8 Å². The van der Waals surface area contributed by atoms with Gasteiger partial charge in [0.15, 0.2) is 0 Å². The van der Waals surface area contributed by atoms with Crippen LogP contribution in [0.1, 0.15) is 46.0 Å². The monoisotopic (exact) mass is 458 g/mol. The predicted molar refractivity (Wildman–Crippen MR) is 108 cm³/mol. The molecule has 0 bridgehead atoms. The Morgan fingerprint density at radius 3 is 2.12 bits per heavy atom. The van der Waals surface area contributed by atoms with E-state index in [4.69, 9.17) is 21.1 Å². The Kier molecular flexibility index (Phi) is 10.0. The van der Waals surface area contributed by atoms with E-state index in [0.29, 0.717) is 19.4 Å². The van der Waals surface area contributed by atoms with E-state index < -0.39 is 72.6 Å². The molecule has 4 unspecified atom stereocenters. The van der Waals surface area contributed by atoms with Crippen molar-refractivity contribution in [2.24, 2.45) is 11.7 Å². The summed E-state index contributed by atoms with van der Waals surface area (Å²) >= 11 is 0. The number of nitrogens with zero attached hydrogens (tertiary/aromatic N) is 1. The molecule has 0 aromatic heterocycles. The van der Waals surface area contributed by atoms with E-state index in [2.05, 4.69) is 5.32 Å². The number of rotatable bonds is 12. The Hall–Kier alpha value is -3.22. The molecule has 0 radical (unpaired) electrons. The standard InChI is InChI=1S/C19H30N4O9/c1-9(2)15(20)18(30)23-7-3-4-12(23)17(29)21-10(5-6-13(24)25)16(28)22-11(19(31)32)8-14(26)27/h9-12,15H,3-8,20H2,1-2H3,(H,21,29)(H,22,28)(H,24,25)(H,26,27)(H,31,32). The minimum Gasteiger partial charge on any atom is -0.481 e. The lowest BCUT2D eigenvalue weighted by atomic mass is 10.0. The summed E-state index contributed by atoms with van der Waals surface area (Å²) in [6.45, 7) is 3.81. The van der Waals surface area contributed by atoms with E-state index >= 15 is 0 Å². The van der Waals surface area contributed by atoms with Crippen LogP contribution in [-0.4, -0.2) is 86.6 Å². The number of nitrogens with two attached hydrogens (primary N) is 1. The second-order valence-corrected chi connectivity index (χ2v) is 7.95. The Balaban J connectivity index is 2.96. The van der Waals surface area contributed by atoms with Gasteiger partial charge in [0.2, 0.25) is 17.7 Å². The first-order valence-electron chi connectivity index (χ1n) is 10.2. The van der Waals surface area contributed by atoms with Crippen molar-refractivity contribution in [2.45, 2.75) is 70.1 Å². The molecule has 0 aromatic carbocycles. The Morgan fingerprint density at radius 2 is 1.62 bits per heavy atom. The number of carbonyl (C=O) groups excluding carboxylic acids is 3. The summed E-state index contributed by atoms with van der Waals surface area (Å²) in [5.41, 5.74) is 5.90. The maximum Gasteiger partial charge on any atom is 0.326 e. The number of likely N-dealkylation sites (tertiary alicyclic amines) is 1. The fraction of sp³-hybridized carbons (Fsp3) is 0.684. The normalized spacial score (nSPS) is 18.5. The van der Waals surface area contributed by atoms with Crippen LogP contribution in [0.4, 0.5) is 0 Å². The Bertz CT molecular complexity index is 755. The highest BCUT2D eigenvalue weighted by molar-refractivity contribution is 5.95. The fourth-order valence-corrected chi connectivity index (χ4v) is 3.23. The Morgan fingerprint density at radius 1 is 1.00 bits per heavy atom. The number of hydrogen-bond acceptors (Lipinski definition) is 7. The highest BCUT2D eigenvalue weighted by atomic mass is 16.4. The van der Waals surface area contributed by atoms with Crippen molar-refractivity contribution < 1.29 is 44.1 Å². The number of aliphatic carboxylic acids is 3. The largest absolute Gasteiger partial charge is 0.481 e. The lowest BCUT2D eigenvalue weighted by Crippen LogP contribution is -2.57. The van der Waals surface area contributed by atoms with E-state index in [1.165, 1.54) is 4.90 Å². The van der Waals surface area contributed by atoms with Gasteiger partial charge in [-0.3, -0.25) is 24.0 Å². The van der Waals surface area contributed by atoms with Gasteiger partial charge in [0.1, 0.15) is 18.1 Å². The van der Waals surface area contributed by atoms with Crippen molar-refractivity contribution in [3.8, 4) is 0 Å². The molecule has 1 aliphatic rings. The van der Waals surface area contributed by atoms with Gasteiger partial charge >= 0.3 is 17.9 Å². The van der Waals surface area contributed by atoms with Crippen LogP contribution in [0.3, 0.4) is 0 Å². The maximum absolute atomic E-state index is 12.8. The van der Waals surface area contributed by atoms with E-state index in [-0.39, 0.29) is 12.3 Å². The Labute approximate surface area is 184 Å². The zero-order valence-electron chi connectivity index (χ0n) is 17.9. The van der Waals surface area contributed by atoms with Crippen molar-refractivity contribution in [2.75, 3.05) is 6.54 Å². The molecule has 0 aliphatic carbocycles. The van der Waals surface area contributed by atoms with E-state index in [1.54, 1.807) is 13.8 Å². The number of carboxylic acid groups (broad SMARTS) is 3. The average molecular weight is 458 g/mol. The van der Waals surface area contributed by atoms with Crippen LogP contribution in [0.25, 0.3) is 0 Å². The van der Waals surface area contributed by atoms with Gasteiger partial charge in [-0.1, -0.05) is 13.8 Å². The maximum atomic E-state index is 12.8. The number of carboxylic acids is 3. The molecule has 13 heteroatoms.